The Hall–Kier alpha value is -2.24. The van der Waals surface area contributed by atoms with Crippen molar-refractivity contribution < 1.29 is 19.1 Å². The van der Waals surface area contributed by atoms with E-state index in [-0.39, 0.29) is 17.6 Å². The smallest absolute Gasteiger partial charge is 0.411 e. The van der Waals surface area contributed by atoms with Gasteiger partial charge in [-0.1, -0.05) is 18.2 Å². The second kappa shape index (κ2) is 7.56. The number of rotatable bonds is 3. The van der Waals surface area contributed by atoms with E-state index in [1.807, 2.05) is 71.9 Å². The maximum atomic E-state index is 12.7. The van der Waals surface area contributed by atoms with Crippen molar-refractivity contribution in [3.05, 3.63) is 30.3 Å². The molecule has 0 bridgehead atoms. The second-order valence-electron chi connectivity index (χ2n) is 8.68. The number of likely N-dealkylation sites (tertiary alicyclic amines) is 1. The molecular formula is C20H30N2O4. The zero-order chi connectivity index (χ0) is 19.5. The molecule has 1 aromatic rings. The lowest BCUT2D eigenvalue weighted by Crippen LogP contribution is -2.52. The van der Waals surface area contributed by atoms with Gasteiger partial charge in [0.1, 0.15) is 23.5 Å². The standard InChI is InChI=1S/C20H30N2O4/c1-19(2,3)21-17(23)16-12-15(25-14-10-8-7-9-11-14)13-22(16)18(24)26-20(4,5)6/h7-11,15-16H,12-13H2,1-6H3,(H,21,23)/t15-,16-/m0/s1. The number of ether oxygens (including phenoxy) is 2. The molecule has 0 unspecified atom stereocenters. The van der Waals surface area contributed by atoms with E-state index in [4.69, 9.17) is 9.47 Å². The Bertz CT molecular complexity index is 595. The zero-order valence-corrected chi connectivity index (χ0v) is 16.5. The van der Waals surface area contributed by atoms with Gasteiger partial charge in [0.05, 0.1) is 6.54 Å². The number of carbonyl (C=O) groups is 2. The van der Waals surface area contributed by atoms with Crippen LogP contribution >= 0.6 is 0 Å². The Morgan fingerprint density at radius 1 is 1.08 bits per heavy atom. The molecule has 2 atom stereocenters. The highest BCUT2D eigenvalue weighted by atomic mass is 16.6. The number of nitrogens with zero attached hydrogens (tertiary/aromatic N) is 1. The van der Waals surface area contributed by atoms with Crippen LogP contribution in [-0.4, -0.2) is 46.7 Å². The number of hydrogen-bond donors (Lipinski definition) is 1. The van der Waals surface area contributed by atoms with Crippen LogP contribution in [0.25, 0.3) is 0 Å². The van der Waals surface area contributed by atoms with Gasteiger partial charge >= 0.3 is 6.09 Å². The molecular weight excluding hydrogens is 332 g/mol. The Kier molecular flexibility index (Phi) is 5.84. The van der Waals surface area contributed by atoms with Gasteiger partial charge in [0.15, 0.2) is 0 Å². The SMILES string of the molecule is CC(C)(C)NC(=O)[C@@H]1C[C@H](Oc2ccccc2)CN1C(=O)OC(C)(C)C. The molecule has 6 heteroatoms. The molecule has 2 rings (SSSR count). The van der Waals surface area contributed by atoms with Crippen LogP contribution in [0, 0.1) is 0 Å². The van der Waals surface area contributed by atoms with E-state index in [0.717, 1.165) is 5.75 Å². The van der Waals surface area contributed by atoms with Crippen LogP contribution in [0.5, 0.6) is 5.75 Å². The van der Waals surface area contributed by atoms with Crippen molar-refractivity contribution in [3.8, 4) is 5.75 Å². The van der Waals surface area contributed by atoms with Gasteiger partial charge < -0.3 is 14.8 Å². The molecule has 0 aliphatic carbocycles. The fraction of sp³-hybridized carbons (Fsp3) is 0.600. The van der Waals surface area contributed by atoms with E-state index in [0.29, 0.717) is 13.0 Å². The third-order valence-corrected chi connectivity index (χ3v) is 3.74. The van der Waals surface area contributed by atoms with E-state index in [1.165, 1.54) is 4.90 Å². The van der Waals surface area contributed by atoms with Crippen molar-refractivity contribution in [3.63, 3.8) is 0 Å². The van der Waals surface area contributed by atoms with Crippen LogP contribution < -0.4 is 10.1 Å². The van der Waals surface area contributed by atoms with Gasteiger partial charge in [-0.05, 0) is 53.7 Å². The van der Waals surface area contributed by atoms with Crippen LogP contribution in [0.2, 0.25) is 0 Å². The number of carbonyl (C=O) groups excluding carboxylic acids is 2. The third-order valence-electron chi connectivity index (χ3n) is 3.74. The number of hydrogen-bond acceptors (Lipinski definition) is 4. The highest BCUT2D eigenvalue weighted by Crippen LogP contribution is 2.25. The summed E-state index contributed by atoms with van der Waals surface area (Å²) in [4.78, 5) is 26.8. The van der Waals surface area contributed by atoms with Crippen molar-refractivity contribution >= 4 is 12.0 Å². The molecule has 26 heavy (non-hydrogen) atoms. The van der Waals surface area contributed by atoms with Gasteiger partial charge in [-0.3, -0.25) is 9.69 Å². The average molecular weight is 362 g/mol. The molecule has 0 saturated carbocycles. The Balaban J connectivity index is 2.14. The van der Waals surface area contributed by atoms with Crippen molar-refractivity contribution in [2.24, 2.45) is 0 Å². The number of nitrogens with one attached hydrogen (secondary N) is 1. The summed E-state index contributed by atoms with van der Waals surface area (Å²) in [6.07, 6.45) is -0.331. The zero-order valence-electron chi connectivity index (χ0n) is 16.5. The minimum atomic E-state index is -0.624. The molecule has 1 aromatic carbocycles. The summed E-state index contributed by atoms with van der Waals surface area (Å²) in [6.45, 7) is 11.5. The first kappa shape index (κ1) is 20.1. The molecule has 1 heterocycles. The average Bonchev–Trinajstić information content (AvgIpc) is 2.89. The van der Waals surface area contributed by atoms with Crippen LogP contribution in [0.3, 0.4) is 0 Å². The largest absolute Gasteiger partial charge is 0.488 e. The molecule has 6 nitrogen and oxygen atoms in total. The van der Waals surface area contributed by atoms with E-state index in [9.17, 15) is 9.59 Å². The Morgan fingerprint density at radius 3 is 2.23 bits per heavy atom. The fourth-order valence-electron chi connectivity index (χ4n) is 2.80. The maximum absolute atomic E-state index is 12.7. The summed E-state index contributed by atoms with van der Waals surface area (Å²) in [5.41, 5.74) is -1.00. The summed E-state index contributed by atoms with van der Waals surface area (Å²) in [6, 6.07) is 8.80. The minimum absolute atomic E-state index is 0.192. The summed E-state index contributed by atoms with van der Waals surface area (Å²) in [7, 11) is 0. The maximum Gasteiger partial charge on any atom is 0.411 e. The van der Waals surface area contributed by atoms with Crippen LogP contribution in [-0.2, 0) is 9.53 Å². The lowest BCUT2D eigenvalue weighted by atomic mass is 10.1. The number of benzene rings is 1. The number of para-hydroxylation sites is 1. The van der Waals surface area contributed by atoms with Gasteiger partial charge in [0.25, 0.3) is 0 Å². The first-order valence-electron chi connectivity index (χ1n) is 8.98. The minimum Gasteiger partial charge on any atom is -0.488 e. The number of amides is 2. The van der Waals surface area contributed by atoms with Crippen molar-refractivity contribution in [1.82, 2.24) is 10.2 Å². The molecule has 1 aliphatic heterocycles. The summed E-state index contributed by atoms with van der Waals surface area (Å²) < 4.78 is 11.4. The van der Waals surface area contributed by atoms with Crippen molar-refractivity contribution in [1.29, 1.82) is 0 Å². The predicted octanol–water partition coefficient (Wildman–Crippen LogP) is 3.36. The molecule has 1 fully saturated rings. The topological polar surface area (TPSA) is 67.9 Å². The quantitative estimate of drug-likeness (QED) is 0.895. The van der Waals surface area contributed by atoms with Gasteiger partial charge in [-0.15, -0.1) is 0 Å². The molecule has 0 spiro atoms. The molecule has 0 aromatic heterocycles. The molecule has 2 amide bonds. The van der Waals surface area contributed by atoms with Crippen molar-refractivity contribution in [2.75, 3.05) is 6.54 Å². The Morgan fingerprint density at radius 2 is 1.69 bits per heavy atom. The first-order chi connectivity index (χ1) is 11.9. The van der Waals surface area contributed by atoms with E-state index < -0.39 is 17.7 Å². The lowest BCUT2D eigenvalue weighted by Gasteiger charge is -2.30. The molecule has 0 radical (unpaired) electrons. The highest BCUT2D eigenvalue weighted by Gasteiger charge is 2.43. The summed E-state index contributed by atoms with van der Waals surface area (Å²) in [5.74, 6) is 0.529. The van der Waals surface area contributed by atoms with Crippen molar-refractivity contribution in [2.45, 2.75) is 71.2 Å². The van der Waals surface area contributed by atoms with Crippen LogP contribution in [0.4, 0.5) is 4.79 Å². The lowest BCUT2D eigenvalue weighted by molar-refractivity contribution is -0.127. The van der Waals surface area contributed by atoms with Gasteiger partial charge in [0, 0.05) is 12.0 Å². The van der Waals surface area contributed by atoms with Gasteiger partial charge in [0.2, 0.25) is 5.91 Å². The Labute approximate surface area is 155 Å². The molecule has 1 N–H and O–H groups in total. The summed E-state index contributed by atoms with van der Waals surface area (Å²) >= 11 is 0. The monoisotopic (exact) mass is 362 g/mol. The molecule has 1 aliphatic rings. The second-order valence-corrected chi connectivity index (χ2v) is 8.68. The van der Waals surface area contributed by atoms with E-state index in [2.05, 4.69) is 5.32 Å². The van der Waals surface area contributed by atoms with Crippen LogP contribution in [0.1, 0.15) is 48.0 Å². The normalized spacial score (nSPS) is 20.6. The predicted molar refractivity (Wildman–Crippen MR) is 100 cm³/mol. The van der Waals surface area contributed by atoms with Gasteiger partial charge in [-0.25, -0.2) is 4.79 Å². The molecule has 144 valence electrons. The molecule has 1 saturated heterocycles. The first-order valence-corrected chi connectivity index (χ1v) is 8.98. The van der Waals surface area contributed by atoms with E-state index >= 15 is 0 Å². The fourth-order valence-corrected chi connectivity index (χ4v) is 2.80. The van der Waals surface area contributed by atoms with Gasteiger partial charge in [-0.2, -0.15) is 0 Å². The summed E-state index contributed by atoms with van der Waals surface area (Å²) in [5, 5.41) is 2.95. The highest BCUT2D eigenvalue weighted by molar-refractivity contribution is 5.87. The van der Waals surface area contributed by atoms with Crippen LogP contribution in [0.15, 0.2) is 30.3 Å². The third kappa shape index (κ3) is 5.93. The van der Waals surface area contributed by atoms with E-state index in [1.54, 1.807) is 0 Å².